The second-order valence-corrected chi connectivity index (χ2v) is 9.99. The zero-order valence-corrected chi connectivity index (χ0v) is 17.4. The molecule has 1 saturated heterocycles. The van der Waals surface area contributed by atoms with Crippen molar-refractivity contribution in [1.29, 1.82) is 0 Å². The number of sulfonamides is 1. The van der Waals surface area contributed by atoms with Gasteiger partial charge in [-0.25, -0.2) is 8.42 Å². The second kappa shape index (κ2) is 7.47. The molecule has 9 heteroatoms. The van der Waals surface area contributed by atoms with Gasteiger partial charge in [0.2, 0.25) is 5.09 Å². The molecule has 1 unspecified atom stereocenters. The third-order valence-electron chi connectivity index (χ3n) is 5.44. The average Bonchev–Trinajstić information content (AvgIpc) is 3.44. The summed E-state index contributed by atoms with van der Waals surface area (Å²) in [5.74, 6) is 0.496. The first-order valence-corrected chi connectivity index (χ1v) is 11.5. The van der Waals surface area contributed by atoms with E-state index in [-0.39, 0.29) is 11.0 Å². The van der Waals surface area contributed by atoms with Gasteiger partial charge >= 0.3 is 0 Å². The van der Waals surface area contributed by atoms with E-state index in [2.05, 4.69) is 10.2 Å². The molecule has 0 radical (unpaired) electrons. The Kier molecular flexibility index (Phi) is 5.17. The van der Waals surface area contributed by atoms with Crippen molar-refractivity contribution >= 4 is 21.4 Å². The van der Waals surface area contributed by atoms with Crippen LogP contribution in [0.5, 0.6) is 0 Å². The fourth-order valence-corrected chi connectivity index (χ4v) is 5.75. The number of nitrogens with one attached hydrogen (secondary N) is 1. The topological polar surface area (TPSA) is 99.4 Å². The molecule has 4 rings (SSSR count). The molecule has 3 aromatic rings. The van der Waals surface area contributed by atoms with E-state index in [1.54, 1.807) is 6.07 Å². The number of rotatable bonds is 5. The van der Waals surface area contributed by atoms with Gasteiger partial charge in [0.25, 0.3) is 10.0 Å². The van der Waals surface area contributed by atoms with Crippen LogP contribution in [0.1, 0.15) is 35.1 Å². The van der Waals surface area contributed by atoms with Crippen molar-refractivity contribution in [3.8, 4) is 11.5 Å². The molecule has 0 amide bonds. The molecule has 0 bridgehead atoms. The summed E-state index contributed by atoms with van der Waals surface area (Å²) in [5.41, 5.74) is 2.47. The van der Waals surface area contributed by atoms with Crippen LogP contribution in [0.25, 0.3) is 11.5 Å². The lowest BCUT2D eigenvalue weighted by Crippen LogP contribution is -2.39. The number of H-pyrrole nitrogens is 1. The summed E-state index contributed by atoms with van der Waals surface area (Å²) in [5, 5.41) is 19.5. The van der Waals surface area contributed by atoms with Crippen LogP contribution in [-0.2, 0) is 10.0 Å². The number of piperidine rings is 1. The summed E-state index contributed by atoms with van der Waals surface area (Å²) in [6.45, 7) is 4.55. The SMILES string of the molecule is Cc1[nH]nc(-c2ccc(S(=O)(=O)N3CCC(C(O)c4cccs4)CC3)o2)c1C. The fourth-order valence-electron chi connectivity index (χ4n) is 3.56. The smallest absolute Gasteiger partial charge is 0.276 e. The van der Waals surface area contributed by atoms with Crippen molar-refractivity contribution in [2.24, 2.45) is 5.92 Å². The molecule has 28 heavy (non-hydrogen) atoms. The maximum atomic E-state index is 13.0. The van der Waals surface area contributed by atoms with Gasteiger partial charge in [0.1, 0.15) is 5.69 Å². The number of nitrogens with zero attached hydrogens (tertiary/aromatic N) is 2. The quantitative estimate of drug-likeness (QED) is 0.657. The van der Waals surface area contributed by atoms with Gasteiger partial charge in [-0.1, -0.05) is 6.07 Å². The summed E-state index contributed by atoms with van der Waals surface area (Å²) in [6.07, 6.45) is 0.693. The molecule has 1 fully saturated rings. The first kappa shape index (κ1) is 19.4. The third-order valence-corrected chi connectivity index (χ3v) is 8.16. The number of aromatic nitrogens is 2. The van der Waals surface area contributed by atoms with Crippen molar-refractivity contribution in [1.82, 2.24) is 14.5 Å². The molecule has 1 aliphatic heterocycles. The Morgan fingerprint density at radius 1 is 1.29 bits per heavy atom. The Labute approximate surface area is 168 Å². The summed E-state index contributed by atoms with van der Waals surface area (Å²) < 4.78 is 33.0. The molecule has 0 aliphatic carbocycles. The van der Waals surface area contributed by atoms with Gasteiger partial charge < -0.3 is 9.52 Å². The van der Waals surface area contributed by atoms with Gasteiger partial charge in [-0.2, -0.15) is 9.40 Å². The molecular weight excluding hydrogens is 398 g/mol. The molecule has 0 aromatic carbocycles. The summed E-state index contributed by atoms with van der Waals surface area (Å²) in [7, 11) is -3.71. The molecule has 1 aliphatic rings. The molecule has 0 saturated carbocycles. The molecule has 7 nitrogen and oxygen atoms in total. The highest BCUT2D eigenvalue weighted by molar-refractivity contribution is 7.89. The predicted molar refractivity (Wildman–Crippen MR) is 107 cm³/mol. The monoisotopic (exact) mass is 421 g/mol. The number of hydrogen-bond acceptors (Lipinski definition) is 6. The minimum Gasteiger partial charge on any atom is -0.442 e. The number of aliphatic hydroxyl groups excluding tert-OH is 1. The van der Waals surface area contributed by atoms with Crippen LogP contribution < -0.4 is 0 Å². The van der Waals surface area contributed by atoms with E-state index in [9.17, 15) is 13.5 Å². The molecule has 2 N–H and O–H groups in total. The summed E-state index contributed by atoms with van der Waals surface area (Å²) in [4.78, 5) is 0.932. The number of aliphatic hydroxyl groups is 1. The largest absolute Gasteiger partial charge is 0.442 e. The van der Waals surface area contributed by atoms with Crippen molar-refractivity contribution < 1.29 is 17.9 Å². The molecule has 4 heterocycles. The Morgan fingerprint density at radius 3 is 2.64 bits per heavy atom. The Hall–Kier alpha value is -1.94. The lowest BCUT2D eigenvalue weighted by atomic mass is 9.91. The third kappa shape index (κ3) is 3.43. The van der Waals surface area contributed by atoms with Crippen LogP contribution in [0.4, 0.5) is 0 Å². The summed E-state index contributed by atoms with van der Waals surface area (Å²) in [6, 6.07) is 6.96. The Morgan fingerprint density at radius 2 is 2.04 bits per heavy atom. The van der Waals surface area contributed by atoms with Gasteiger partial charge in [0.05, 0.1) is 6.10 Å². The second-order valence-electron chi connectivity index (χ2n) is 7.14. The highest BCUT2D eigenvalue weighted by Gasteiger charge is 2.34. The van der Waals surface area contributed by atoms with Crippen molar-refractivity contribution in [3.63, 3.8) is 0 Å². The van der Waals surface area contributed by atoms with Crippen LogP contribution in [-0.4, -0.2) is 41.1 Å². The number of furan rings is 1. The van der Waals surface area contributed by atoms with Gasteiger partial charge in [-0.15, -0.1) is 11.3 Å². The highest BCUT2D eigenvalue weighted by atomic mass is 32.2. The predicted octanol–water partition coefficient (Wildman–Crippen LogP) is 3.48. The zero-order chi connectivity index (χ0) is 19.9. The number of aromatic amines is 1. The Balaban J connectivity index is 1.47. The van der Waals surface area contributed by atoms with Crippen LogP contribution in [0.2, 0.25) is 0 Å². The van der Waals surface area contributed by atoms with Crippen molar-refractivity contribution in [3.05, 3.63) is 45.8 Å². The first-order chi connectivity index (χ1) is 13.4. The van der Waals surface area contributed by atoms with Gasteiger partial charge in [-0.05, 0) is 56.2 Å². The molecular formula is C19H23N3O4S2. The lowest BCUT2D eigenvalue weighted by Gasteiger charge is -2.32. The number of thiophene rings is 1. The van der Waals surface area contributed by atoms with E-state index in [4.69, 9.17) is 4.42 Å². The maximum absolute atomic E-state index is 13.0. The standard InChI is InChI=1S/C19H23N3O4S2/c1-12-13(2)20-21-18(12)15-5-6-17(26-15)28(24,25)22-9-7-14(8-10-22)19(23)16-4-3-11-27-16/h3-6,11,14,19,23H,7-10H2,1-2H3,(H,20,21). The van der Waals surface area contributed by atoms with E-state index in [1.165, 1.54) is 21.7 Å². The van der Waals surface area contributed by atoms with Gasteiger partial charge in [-0.3, -0.25) is 5.10 Å². The normalized spacial score (nSPS) is 17.8. The molecule has 1 atom stereocenters. The molecule has 3 aromatic heterocycles. The molecule has 150 valence electrons. The van der Waals surface area contributed by atoms with E-state index in [1.807, 2.05) is 31.4 Å². The summed E-state index contributed by atoms with van der Waals surface area (Å²) >= 11 is 1.53. The fraction of sp³-hybridized carbons (Fsp3) is 0.421. The lowest BCUT2D eigenvalue weighted by molar-refractivity contribution is 0.0786. The number of hydrogen-bond donors (Lipinski definition) is 2. The van der Waals surface area contributed by atoms with Crippen LogP contribution in [0, 0.1) is 19.8 Å². The van der Waals surface area contributed by atoms with E-state index < -0.39 is 16.1 Å². The maximum Gasteiger partial charge on any atom is 0.276 e. The van der Waals surface area contributed by atoms with E-state index in [0.717, 1.165) is 16.1 Å². The zero-order valence-electron chi connectivity index (χ0n) is 15.8. The van der Waals surface area contributed by atoms with E-state index >= 15 is 0 Å². The average molecular weight is 422 g/mol. The van der Waals surface area contributed by atoms with E-state index in [0.29, 0.717) is 37.4 Å². The van der Waals surface area contributed by atoms with Crippen LogP contribution >= 0.6 is 11.3 Å². The number of aryl methyl sites for hydroxylation is 1. The van der Waals surface area contributed by atoms with Crippen molar-refractivity contribution in [2.45, 2.75) is 37.9 Å². The van der Waals surface area contributed by atoms with Crippen LogP contribution in [0.15, 0.2) is 39.2 Å². The highest BCUT2D eigenvalue weighted by Crippen LogP contribution is 2.35. The van der Waals surface area contributed by atoms with Crippen molar-refractivity contribution in [2.75, 3.05) is 13.1 Å². The van der Waals surface area contributed by atoms with Gasteiger partial charge in [0.15, 0.2) is 5.76 Å². The Bertz CT molecular complexity index is 1050. The minimum atomic E-state index is -3.71. The van der Waals surface area contributed by atoms with Gasteiger partial charge in [0, 0.05) is 29.2 Å². The van der Waals surface area contributed by atoms with Crippen LogP contribution in [0.3, 0.4) is 0 Å². The molecule has 0 spiro atoms. The first-order valence-electron chi connectivity index (χ1n) is 9.21. The minimum absolute atomic E-state index is 0.0620.